The van der Waals surface area contributed by atoms with Crippen LogP contribution < -0.4 is 5.32 Å². The van der Waals surface area contributed by atoms with Gasteiger partial charge in [-0.2, -0.15) is 11.8 Å². The Labute approximate surface area is 108 Å². The fourth-order valence-corrected chi connectivity index (χ4v) is 3.70. The van der Waals surface area contributed by atoms with Gasteiger partial charge in [-0.15, -0.1) is 0 Å². The Morgan fingerprint density at radius 3 is 2.65 bits per heavy atom. The molecule has 0 aromatic heterocycles. The zero-order valence-corrected chi connectivity index (χ0v) is 11.2. The van der Waals surface area contributed by atoms with Gasteiger partial charge in [0.25, 0.3) is 0 Å². The van der Waals surface area contributed by atoms with Gasteiger partial charge >= 0.3 is 0 Å². The number of nitrogens with one attached hydrogen (secondary N) is 1. The number of amides is 1. The summed E-state index contributed by atoms with van der Waals surface area (Å²) >= 11 is 2.00. The van der Waals surface area contributed by atoms with Crippen LogP contribution in [-0.4, -0.2) is 35.7 Å². The number of hydrogen-bond acceptors (Lipinski definition) is 3. The molecule has 0 spiro atoms. The van der Waals surface area contributed by atoms with E-state index < -0.39 is 0 Å². The molecule has 2 rings (SSSR count). The number of thioether (sulfide) groups is 1. The number of rotatable bonds is 6. The molecule has 98 valence electrons. The third kappa shape index (κ3) is 4.18. The molecule has 2 N–H and O–H groups in total. The van der Waals surface area contributed by atoms with E-state index >= 15 is 0 Å². The minimum absolute atomic E-state index is 0.214. The van der Waals surface area contributed by atoms with Gasteiger partial charge in [-0.3, -0.25) is 4.79 Å². The molecular weight excluding hydrogens is 234 g/mol. The number of carbonyl (C=O) groups is 1. The first-order chi connectivity index (χ1) is 8.24. The molecule has 3 nitrogen and oxygen atoms in total. The number of aliphatic hydroxyl groups is 1. The summed E-state index contributed by atoms with van der Waals surface area (Å²) in [5.41, 5.74) is 0.243. The van der Waals surface area contributed by atoms with Gasteiger partial charge in [0, 0.05) is 19.6 Å². The Bertz CT molecular complexity index is 260. The van der Waals surface area contributed by atoms with E-state index in [1.807, 2.05) is 11.8 Å². The van der Waals surface area contributed by atoms with Crippen LogP contribution in [0.5, 0.6) is 0 Å². The molecule has 17 heavy (non-hydrogen) atoms. The quantitative estimate of drug-likeness (QED) is 0.763. The minimum atomic E-state index is 0.214. The van der Waals surface area contributed by atoms with Gasteiger partial charge in [0.1, 0.15) is 0 Å². The van der Waals surface area contributed by atoms with Crippen molar-refractivity contribution < 1.29 is 9.90 Å². The van der Waals surface area contributed by atoms with Gasteiger partial charge in [0.2, 0.25) is 5.91 Å². The third-order valence-corrected chi connectivity index (χ3v) is 5.12. The van der Waals surface area contributed by atoms with Crippen molar-refractivity contribution in [3.05, 3.63) is 0 Å². The first kappa shape index (κ1) is 13.2. The summed E-state index contributed by atoms with van der Waals surface area (Å²) in [6.45, 7) is 1.02. The average molecular weight is 257 g/mol. The Balaban J connectivity index is 1.63. The van der Waals surface area contributed by atoms with Crippen LogP contribution in [0.3, 0.4) is 0 Å². The summed E-state index contributed by atoms with van der Waals surface area (Å²) < 4.78 is 0. The first-order valence-electron chi connectivity index (χ1n) is 6.69. The maximum absolute atomic E-state index is 11.8. The van der Waals surface area contributed by atoms with E-state index in [1.54, 1.807) is 0 Å². The lowest BCUT2D eigenvalue weighted by atomic mass is 9.98. The molecule has 1 heterocycles. The number of aliphatic hydroxyl groups excluding tert-OH is 1. The summed E-state index contributed by atoms with van der Waals surface area (Å²) in [7, 11) is 0. The highest BCUT2D eigenvalue weighted by atomic mass is 32.2. The van der Waals surface area contributed by atoms with Crippen LogP contribution in [0.2, 0.25) is 0 Å². The van der Waals surface area contributed by atoms with E-state index in [1.165, 1.54) is 24.3 Å². The van der Waals surface area contributed by atoms with E-state index in [0.29, 0.717) is 12.3 Å². The van der Waals surface area contributed by atoms with Crippen LogP contribution in [-0.2, 0) is 4.79 Å². The largest absolute Gasteiger partial charge is 0.396 e. The average Bonchev–Trinajstić information content (AvgIpc) is 3.09. The molecule has 1 aliphatic heterocycles. The van der Waals surface area contributed by atoms with Crippen molar-refractivity contribution in [2.24, 2.45) is 11.3 Å². The van der Waals surface area contributed by atoms with Crippen molar-refractivity contribution in [2.75, 3.05) is 24.7 Å². The number of hydrogen-bond donors (Lipinski definition) is 2. The molecule has 2 fully saturated rings. The summed E-state index contributed by atoms with van der Waals surface area (Å²) in [5, 5.41) is 12.0. The third-order valence-electron chi connectivity index (χ3n) is 4.07. The molecule has 0 radical (unpaired) electrons. The lowest BCUT2D eigenvalue weighted by Crippen LogP contribution is -2.32. The predicted molar refractivity (Wildman–Crippen MR) is 71.0 cm³/mol. The van der Waals surface area contributed by atoms with Crippen molar-refractivity contribution >= 4 is 17.7 Å². The van der Waals surface area contributed by atoms with Gasteiger partial charge < -0.3 is 10.4 Å². The van der Waals surface area contributed by atoms with E-state index in [0.717, 1.165) is 25.8 Å². The lowest BCUT2D eigenvalue weighted by molar-refractivity contribution is -0.122. The molecule has 2 aliphatic rings. The predicted octanol–water partition coefficient (Wildman–Crippen LogP) is 1.80. The van der Waals surface area contributed by atoms with Crippen LogP contribution in [0.25, 0.3) is 0 Å². The highest BCUT2D eigenvalue weighted by Gasteiger charge is 2.41. The van der Waals surface area contributed by atoms with E-state index in [2.05, 4.69) is 5.32 Å². The minimum Gasteiger partial charge on any atom is -0.396 e. The highest BCUT2D eigenvalue weighted by molar-refractivity contribution is 7.99. The lowest BCUT2D eigenvalue weighted by Gasteiger charge is -2.21. The Morgan fingerprint density at radius 2 is 2.06 bits per heavy atom. The van der Waals surface area contributed by atoms with Crippen molar-refractivity contribution in [1.29, 1.82) is 0 Å². The summed E-state index contributed by atoms with van der Waals surface area (Å²) in [6, 6.07) is 0. The molecule has 0 atom stereocenters. The van der Waals surface area contributed by atoms with Crippen LogP contribution in [0.4, 0.5) is 0 Å². The van der Waals surface area contributed by atoms with Crippen molar-refractivity contribution in [2.45, 2.75) is 38.5 Å². The second kappa shape index (κ2) is 6.10. The molecule has 1 amide bonds. The van der Waals surface area contributed by atoms with Crippen molar-refractivity contribution in [3.63, 3.8) is 0 Å². The fourth-order valence-electron chi connectivity index (χ4n) is 2.50. The fraction of sp³-hybridized carbons (Fsp3) is 0.923. The second-order valence-electron chi connectivity index (χ2n) is 5.51. The van der Waals surface area contributed by atoms with Gasteiger partial charge in [-0.1, -0.05) is 0 Å². The summed E-state index contributed by atoms with van der Waals surface area (Å²) in [6.07, 6.45) is 6.25. The zero-order valence-electron chi connectivity index (χ0n) is 10.4. The van der Waals surface area contributed by atoms with E-state index in [-0.39, 0.29) is 17.9 Å². The van der Waals surface area contributed by atoms with Gasteiger partial charge in [0.15, 0.2) is 0 Å². The summed E-state index contributed by atoms with van der Waals surface area (Å²) in [4.78, 5) is 11.8. The van der Waals surface area contributed by atoms with Gasteiger partial charge in [-0.25, -0.2) is 0 Å². The van der Waals surface area contributed by atoms with Crippen molar-refractivity contribution in [3.8, 4) is 0 Å². The maximum atomic E-state index is 11.8. The molecule has 1 aliphatic carbocycles. The SMILES string of the molecule is O=C(CC1CCSCC1)NCC1(CCO)CC1. The smallest absolute Gasteiger partial charge is 0.220 e. The van der Waals surface area contributed by atoms with Crippen LogP contribution in [0, 0.1) is 11.3 Å². The molecule has 0 aromatic rings. The Kier molecular flexibility index (Phi) is 4.74. The number of carbonyl (C=O) groups excluding carboxylic acids is 1. The normalized spacial score (nSPS) is 23.4. The standard InChI is InChI=1S/C13H23NO2S/c15-6-5-13(3-4-13)10-14-12(16)9-11-1-7-17-8-2-11/h11,15H,1-10H2,(H,14,16). The summed E-state index contributed by atoms with van der Waals surface area (Å²) in [5.74, 6) is 3.24. The molecule has 0 bridgehead atoms. The highest BCUT2D eigenvalue weighted by Crippen LogP contribution is 2.47. The zero-order chi connectivity index (χ0) is 12.1. The van der Waals surface area contributed by atoms with E-state index in [4.69, 9.17) is 5.11 Å². The molecule has 4 heteroatoms. The van der Waals surface area contributed by atoms with Crippen LogP contribution in [0.1, 0.15) is 38.5 Å². The molecule has 0 unspecified atom stereocenters. The van der Waals surface area contributed by atoms with Crippen LogP contribution in [0.15, 0.2) is 0 Å². The Morgan fingerprint density at radius 1 is 1.35 bits per heavy atom. The Hall–Kier alpha value is -0.220. The topological polar surface area (TPSA) is 49.3 Å². The molecule has 1 saturated carbocycles. The maximum Gasteiger partial charge on any atom is 0.220 e. The second-order valence-corrected chi connectivity index (χ2v) is 6.73. The molecular formula is C13H23NO2S. The molecule has 1 saturated heterocycles. The molecule has 0 aromatic carbocycles. The van der Waals surface area contributed by atoms with Crippen LogP contribution >= 0.6 is 11.8 Å². The van der Waals surface area contributed by atoms with Gasteiger partial charge in [-0.05, 0) is 54.9 Å². The van der Waals surface area contributed by atoms with Crippen molar-refractivity contribution in [1.82, 2.24) is 5.32 Å². The van der Waals surface area contributed by atoms with E-state index in [9.17, 15) is 4.79 Å². The van der Waals surface area contributed by atoms with Gasteiger partial charge in [0.05, 0.1) is 0 Å². The monoisotopic (exact) mass is 257 g/mol. The first-order valence-corrected chi connectivity index (χ1v) is 7.85.